The summed E-state index contributed by atoms with van der Waals surface area (Å²) in [6, 6.07) is 17.5. The van der Waals surface area contributed by atoms with Gasteiger partial charge in [-0.2, -0.15) is 0 Å². The molecule has 0 radical (unpaired) electrons. The zero-order valence-electron chi connectivity index (χ0n) is 16.8. The number of thioether (sulfide) groups is 1. The summed E-state index contributed by atoms with van der Waals surface area (Å²) in [5.74, 6) is 6.26. The van der Waals surface area contributed by atoms with Crippen LogP contribution in [0.1, 0.15) is 16.4 Å². The molecule has 0 saturated carbocycles. The van der Waals surface area contributed by atoms with Gasteiger partial charge in [-0.1, -0.05) is 54.2 Å². The molecule has 2 aromatic heterocycles. The number of nitrogens with one attached hydrogen (secondary N) is 1. The molecule has 32 heavy (non-hydrogen) atoms. The predicted molar refractivity (Wildman–Crippen MR) is 125 cm³/mol. The van der Waals surface area contributed by atoms with Crippen molar-refractivity contribution in [1.82, 2.24) is 14.9 Å². The second kappa shape index (κ2) is 9.20. The van der Waals surface area contributed by atoms with Crippen LogP contribution in [0.15, 0.2) is 71.2 Å². The highest BCUT2D eigenvalue weighted by Gasteiger charge is 2.27. The maximum Gasteiger partial charge on any atom is 0.293 e. The van der Waals surface area contributed by atoms with Gasteiger partial charge in [0.1, 0.15) is 10.9 Å². The molecule has 4 aromatic rings. The Hall–Kier alpha value is -3.70. The second-order valence-corrected chi connectivity index (χ2v) is 8.85. The number of nitrogens with two attached hydrogens (primary N) is 1. The van der Waals surface area contributed by atoms with Crippen molar-refractivity contribution in [3.8, 4) is 10.7 Å². The first kappa shape index (κ1) is 21.5. The molecule has 162 valence electrons. The van der Waals surface area contributed by atoms with E-state index < -0.39 is 16.1 Å². The van der Waals surface area contributed by atoms with Crippen molar-refractivity contribution in [2.45, 2.75) is 17.3 Å². The Kier molecular flexibility index (Phi) is 6.19. The summed E-state index contributed by atoms with van der Waals surface area (Å²) in [6.45, 7) is 1.75. The van der Waals surface area contributed by atoms with Crippen molar-refractivity contribution >= 4 is 40.4 Å². The fraction of sp³-hybridized carbons (Fsp3) is 0.0952. The first-order valence-electron chi connectivity index (χ1n) is 9.46. The maximum atomic E-state index is 13.3. The van der Waals surface area contributed by atoms with Crippen LogP contribution in [-0.4, -0.2) is 25.7 Å². The van der Waals surface area contributed by atoms with Crippen LogP contribution >= 0.6 is 23.1 Å². The lowest BCUT2D eigenvalue weighted by molar-refractivity contribution is -0.384. The minimum atomic E-state index is -0.764. The molecule has 11 heteroatoms. The topological polar surface area (TPSA) is 129 Å². The molecule has 1 unspecified atom stereocenters. The summed E-state index contributed by atoms with van der Waals surface area (Å²) in [7, 11) is 0. The third-order valence-corrected chi connectivity index (χ3v) is 6.65. The SMILES string of the molecule is Cc1ccc(NC(=O)C(Sc2nnc(-c3cccs3)n2N)c2ccccc2)c([N+](=O)[O-])c1. The molecular weight excluding hydrogens is 448 g/mol. The number of hydrogen-bond acceptors (Lipinski definition) is 8. The molecule has 0 fully saturated rings. The molecule has 0 bridgehead atoms. The van der Waals surface area contributed by atoms with Gasteiger partial charge in [0.15, 0.2) is 5.82 Å². The van der Waals surface area contributed by atoms with Crippen LogP contribution in [0.3, 0.4) is 0 Å². The molecule has 2 aromatic carbocycles. The van der Waals surface area contributed by atoms with E-state index in [0.717, 1.165) is 22.2 Å². The molecule has 0 aliphatic rings. The van der Waals surface area contributed by atoms with Crippen molar-refractivity contribution in [2.24, 2.45) is 0 Å². The lowest BCUT2D eigenvalue weighted by Crippen LogP contribution is -2.21. The van der Waals surface area contributed by atoms with Gasteiger partial charge in [0.2, 0.25) is 11.1 Å². The number of aryl methyl sites for hydroxylation is 1. The van der Waals surface area contributed by atoms with Crippen LogP contribution in [0.25, 0.3) is 10.7 Å². The van der Waals surface area contributed by atoms with Crippen molar-refractivity contribution < 1.29 is 9.72 Å². The fourth-order valence-electron chi connectivity index (χ4n) is 3.03. The zero-order valence-corrected chi connectivity index (χ0v) is 18.5. The van der Waals surface area contributed by atoms with Gasteiger partial charge in [-0.25, -0.2) is 4.68 Å². The van der Waals surface area contributed by atoms with Crippen LogP contribution < -0.4 is 11.2 Å². The van der Waals surface area contributed by atoms with Crippen molar-refractivity contribution in [2.75, 3.05) is 11.2 Å². The Morgan fingerprint density at radius 1 is 1.19 bits per heavy atom. The first-order valence-corrected chi connectivity index (χ1v) is 11.2. The van der Waals surface area contributed by atoms with Crippen LogP contribution in [0.5, 0.6) is 0 Å². The third kappa shape index (κ3) is 4.48. The average Bonchev–Trinajstić information content (AvgIpc) is 3.43. The summed E-state index contributed by atoms with van der Waals surface area (Å²) in [5.41, 5.74) is 1.38. The van der Waals surface area contributed by atoms with Crippen LogP contribution in [-0.2, 0) is 4.79 Å². The Labute approximate surface area is 191 Å². The summed E-state index contributed by atoms with van der Waals surface area (Å²) < 4.78 is 1.34. The van der Waals surface area contributed by atoms with Gasteiger partial charge in [-0.15, -0.1) is 21.5 Å². The molecular formula is C21H18N6O3S2. The molecule has 0 spiro atoms. The number of nitrogens with zero attached hydrogens (tertiary/aromatic N) is 4. The van der Waals surface area contributed by atoms with E-state index in [1.54, 1.807) is 25.1 Å². The van der Waals surface area contributed by atoms with Gasteiger partial charge >= 0.3 is 0 Å². The number of nitrogen functional groups attached to an aromatic ring is 1. The molecule has 1 amide bonds. The van der Waals surface area contributed by atoms with E-state index in [4.69, 9.17) is 5.84 Å². The Balaban J connectivity index is 1.66. The minimum absolute atomic E-state index is 0.126. The molecule has 3 N–H and O–H groups in total. The predicted octanol–water partition coefficient (Wildman–Crippen LogP) is 4.41. The second-order valence-electron chi connectivity index (χ2n) is 6.83. The summed E-state index contributed by atoms with van der Waals surface area (Å²) >= 11 is 2.59. The Morgan fingerprint density at radius 3 is 2.66 bits per heavy atom. The van der Waals surface area contributed by atoms with Gasteiger partial charge in [0, 0.05) is 6.07 Å². The van der Waals surface area contributed by atoms with E-state index in [0.29, 0.717) is 16.5 Å². The van der Waals surface area contributed by atoms with Gasteiger partial charge in [-0.3, -0.25) is 14.9 Å². The molecule has 4 rings (SSSR count). The number of nitro groups is 1. The molecule has 0 aliphatic heterocycles. The number of thiophene rings is 1. The third-order valence-electron chi connectivity index (χ3n) is 4.58. The summed E-state index contributed by atoms with van der Waals surface area (Å²) in [6.07, 6.45) is 0. The van der Waals surface area contributed by atoms with E-state index in [1.165, 1.54) is 28.1 Å². The minimum Gasteiger partial charge on any atom is -0.335 e. The summed E-state index contributed by atoms with van der Waals surface area (Å²) in [5, 5.41) is 23.9. The number of amides is 1. The van der Waals surface area contributed by atoms with Crippen LogP contribution in [0.2, 0.25) is 0 Å². The number of benzene rings is 2. The highest BCUT2D eigenvalue weighted by molar-refractivity contribution is 8.00. The van der Waals surface area contributed by atoms with E-state index in [-0.39, 0.29) is 11.4 Å². The fourth-order valence-corrected chi connectivity index (χ4v) is 4.70. The van der Waals surface area contributed by atoms with Crippen molar-refractivity contribution in [1.29, 1.82) is 0 Å². The normalized spacial score (nSPS) is 11.8. The molecule has 0 aliphatic carbocycles. The largest absolute Gasteiger partial charge is 0.335 e. The van der Waals surface area contributed by atoms with E-state index in [9.17, 15) is 14.9 Å². The highest BCUT2D eigenvalue weighted by atomic mass is 32.2. The standard InChI is InChI=1S/C21H18N6O3S2/c1-13-9-10-15(16(12-13)27(29)30)23-20(28)18(14-6-3-2-4-7-14)32-21-25-24-19(26(21)22)17-8-5-11-31-17/h2-12,18H,22H2,1H3,(H,23,28). The zero-order chi connectivity index (χ0) is 22.7. The number of nitro benzene ring substituents is 1. The van der Waals surface area contributed by atoms with Gasteiger partial charge in [0.05, 0.1) is 9.80 Å². The molecule has 1 atom stereocenters. The molecule has 0 saturated heterocycles. The van der Waals surface area contributed by atoms with Crippen LogP contribution in [0.4, 0.5) is 11.4 Å². The lowest BCUT2D eigenvalue weighted by atomic mass is 10.1. The maximum absolute atomic E-state index is 13.3. The van der Waals surface area contributed by atoms with Gasteiger partial charge < -0.3 is 11.2 Å². The van der Waals surface area contributed by atoms with Gasteiger partial charge in [-0.05, 0) is 35.6 Å². The number of anilines is 1. The van der Waals surface area contributed by atoms with Crippen molar-refractivity contribution in [3.05, 3.63) is 87.3 Å². The van der Waals surface area contributed by atoms with Gasteiger partial charge in [0.25, 0.3) is 5.69 Å². The lowest BCUT2D eigenvalue weighted by Gasteiger charge is -2.16. The number of hydrogen-bond donors (Lipinski definition) is 2. The van der Waals surface area contributed by atoms with E-state index >= 15 is 0 Å². The smallest absolute Gasteiger partial charge is 0.293 e. The van der Waals surface area contributed by atoms with Crippen molar-refractivity contribution in [3.63, 3.8) is 0 Å². The number of aromatic nitrogens is 3. The molecule has 2 heterocycles. The summed E-state index contributed by atoms with van der Waals surface area (Å²) in [4.78, 5) is 25.1. The number of carbonyl (C=O) groups is 1. The number of rotatable bonds is 7. The van der Waals surface area contributed by atoms with Crippen LogP contribution in [0, 0.1) is 17.0 Å². The first-order chi connectivity index (χ1) is 15.4. The average molecular weight is 467 g/mol. The monoisotopic (exact) mass is 466 g/mol. The number of carbonyl (C=O) groups excluding carboxylic acids is 1. The van der Waals surface area contributed by atoms with E-state index in [1.807, 2.05) is 35.7 Å². The quantitative estimate of drug-likeness (QED) is 0.179. The Morgan fingerprint density at radius 2 is 1.97 bits per heavy atom. The Bertz CT molecular complexity index is 1260. The molecule has 9 nitrogen and oxygen atoms in total. The van der Waals surface area contributed by atoms with E-state index in [2.05, 4.69) is 15.5 Å². The highest BCUT2D eigenvalue weighted by Crippen LogP contribution is 2.37.